The minimum Gasteiger partial charge on any atom is -0.496 e. The van der Waals surface area contributed by atoms with E-state index < -0.39 is 0 Å². The molecule has 0 aliphatic heterocycles. The van der Waals surface area contributed by atoms with Gasteiger partial charge in [-0.15, -0.1) is 0 Å². The van der Waals surface area contributed by atoms with E-state index in [1.165, 1.54) is 0 Å². The molecule has 112 valence electrons. The fraction of sp³-hybridized carbons (Fsp3) is 0.263. The second-order valence-corrected chi connectivity index (χ2v) is 5.46. The highest BCUT2D eigenvalue weighted by Gasteiger charge is 2.27. The molecular formula is C19H19NO2. The van der Waals surface area contributed by atoms with E-state index in [9.17, 15) is 4.79 Å². The van der Waals surface area contributed by atoms with Crippen molar-refractivity contribution in [2.24, 2.45) is 0 Å². The molecule has 1 atom stereocenters. The number of Topliss-reactive ketones (excluding diaryl/α,β-unsaturated/α-hetero) is 1. The summed E-state index contributed by atoms with van der Waals surface area (Å²) in [5.74, 6) is 1.08. The van der Waals surface area contributed by atoms with Crippen LogP contribution in [0.5, 0.6) is 5.75 Å². The molecule has 1 unspecified atom stereocenters. The quantitative estimate of drug-likeness (QED) is 0.803. The topological polar surface area (TPSA) is 39.2 Å². The van der Waals surface area contributed by atoms with Crippen LogP contribution in [0.25, 0.3) is 6.08 Å². The van der Waals surface area contributed by atoms with Crippen LogP contribution in [0.3, 0.4) is 0 Å². The standard InChI is InChI=1S/C19H19NO2/c1-22-19-11-3-2-7-14(19)13-16-15(8-6-10-18(16)21)17-9-4-5-12-20-17/h2-5,7,9,11-13,15H,6,8,10H2,1H3/b16-13-. The number of carbonyl (C=O) groups excluding carboxylic acids is 1. The minimum absolute atomic E-state index is 0.0763. The molecule has 3 nitrogen and oxygen atoms in total. The molecule has 0 radical (unpaired) electrons. The van der Waals surface area contributed by atoms with Crippen molar-refractivity contribution in [3.05, 3.63) is 65.5 Å². The number of pyridine rings is 1. The average molecular weight is 293 g/mol. The van der Waals surface area contributed by atoms with Gasteiger partial charge in [0.2, 0.25) is 0 Å². The van der Waals surface area contributed by atoms with Crippen LogP contribution < -0.4 is 4.74 Å². The minimum atomic E-state index is 0.0763. The lowest BCUT2D eigenvalue weighted by atomic mass is 9.80. The molecule has 1 fully saturated rings. The summed E-state index contributed by atoms with van der Waals surface area (Å²) in [7, 11) is 1.65. The summed E-state index contributed by atoms with van der Waals surface area (Å²) < 4.78 is 5.39. The number of benzene rings is 1. The predicted molar refractivity (Wildman–Crippen MR) is 86.8 cm³/mol. The van der Waals surface area contributed by atoms with Crippen LogP contribution in [0, 0.1) is 0 Å². The second kappa shape index (κ2) is 6.56. The van der Waals surface area contributed by atoms with Gasteiger partial charge < -0.3 is 4.74 Å². The Bertz CT molecular complexity index is 692. The number of ketones is 1. The normalized spacial score (nSPS) is 20.1. The van der Waals surface area contributed by atoms with E-state index in [4.69, 9.17) is 4.74 Å². The number of hydrogen-bond acceptors (Lipinski definition) is 3. The maximum atomic E-state index is 12.4. The van der Waals surface area contributed by atoms with Gasteiger partial charge in [0.25, 0.3) is 0 Å². The third kappa shape index (κ3) is 2.93. The molecule has 1 aromatic carbocycles. The molecule has 0 spiro atoms. The summed E-state index contributed by atoms with van der Waals surface area (Å²) in [6.45, 7) is 0. The van der Waals surface area contributed by atoms with E-state index in [2.05, 4.69) is 4.98 Å². The first-order valence-electron chi connectivity index (χ1n) is 7.58. The number of ether oxygens (including phenoxy) is 1. The molecule has 1 aliphatic rings. The number of para-hydroxylation sites is 1. The van der Waals surface area contributed by atoms with E-state index in [1.54, 1.807) is 13.3 Å². The molecule has 0 N–H and O–H groups in total. The van der Waals surface area contributed by atoms with Crippen molar-refractivity contribution >= 4 is 11.9 Å². The van der Waals surface area contributed by atoms with Crippen LogP contribution >= 0.6 is 0 Å². The van der Waals surface area contributed by atoms with Crippen molar-refractivity contribution in [2.45, 2.75) is 25.2 Å². The fourth-order valence-corrected chi connectivity index (χ4v) is 2.98. The van der Waals surface area contributed by atoms with Crippen LogP contribution in [-0.2, 0) is 4.79 Å². The Balaban J connectivity index is 2.03. The van der Waals surface area contributed by atoms with Gasteiger partial charge in [-0.2, -0.15) is 0 Å². The third-order valence-electron chi connectivity index (χ3n) is 4.09. The summed E-state index contributed by atoms with van der Waals surface area (Å²) in [5, 5.41) is 0. The molecule has 0 amide bonds. The number of allylic oxidation sites excluding steroid dienone is 1. The van der Waals surface area contributed by atoms with E-state index in [-0.39, 0.29) is 11.7 Å². The molecular weight excluding hydrogens is 274 g/mol. The first-order chi connectivity index (χ1) is 10.8. The van der Waals surface area contributed by atoms with Crippen LogP contribution in [0.4, 0.5) is 0 Å². The van der Waals surface area contributed by atoms with E-state index in [1.807, 2.05) is 48.5 Å². The molecule has 2 aromatic rings. The maximum absolute atomic E-state index is 12.4. The van der Waals surface area contributed by atoms with Gasteiger partial charge >= 0.3 is 0 Å². The van der Waals surface area contributed by atoms with E-state index in [0.29, 0.717) is 6.42 Å². The van der Waals surface area contributed by atoms with Gasteiger partial charge in [-0.1, -0.05) is 24.3 Å². The van der Waals surface area contributed by atoms with Gasteiger partial charge in [-0.05, 0) is 37.1 Å². The van der Waals surface area contributed by atoms with E-state index >= 15 is 0 Å². The number of hydrogen-bond donors (Lipinski definition) is 0. The zero-order valence-electron chi connectivity index (χ0n) is 12.7. The van der Waals surface area contributed by atoms with Crippen molar-refractivity contribution in [3.63, 3.8) is 0 Å². The van der Waals surface area contributed by atoms with Gasteiger partial charge in [0.05, 0.1) is 7.11 Å². The Labute approximate surface area is 130 Å². The number of methoxy groups -OCH3 is 1. The number of nitrogens with zero attached hydrogens (tertiary/aromatic N) is 1. The molecule has 1 aliphatic carbocycles. The molecule has 0 bridgehead atoms. The van der Waals surface area contributed by atoms with Gasteiger partial charge in [0, 0.05) is 35.4 Å². The van der Waals surface area contributed by atoms with Gasteiger partial charge in [-0.3, -0.25) is 9.78 Å². The lowest BCUT2D eigenvalue weighted by Crippen LogP contribution is -2.18. The summed E-state index contributed by atoms with van der Waals surface area (Å²) in [6.07, 6.45) is 6.26. The van der Waals surface area contributed by atoms with Gasteiger partial charge in [0.1, 0.15) is 5.75 Å². The lowest BCUT2D eigenvalue weighted by molar-refractivity contribution is -0.116. The second-order valence-electron chi connectivity index (χ2n) is 5.46. The highest BCUT2D eigenvalue weighted by Crippen LogP contribution is 2.36. The Hall–Kier alpha value is -2.42. The highest BCUT2D eigenvalue weighted by atomic mass is 16.5. The summed E-state index contributed by atoms with van der Waals surface area (Å²) in [6, 6.07) is 13.6. The SMILES string of the molecule is COc1ccccc1/C=C1\C(=O)CCCC1c1ccccn1. The van der Waals surface area contributed by atoms with Crippen LogP contribution in [0.2, 0.25) is 0 Å². The smallest absolute Gasteiger partial charge is 0.159 e. The molecule has 3 heteroatoms. The molecule has 3 rings (SSSR count). The summed E-state index contributed by atoms with van der Waals surface area (Å²) >= 11 is 0. The molecule has 1 heterocycles. The Kier molecular flexibility index (Phi) is 4.33. The maximum Gasteiger partial charge on any atom is 0.159 e. The predicted octanol–water partition coefficient (Wildman–Crippen LogP) is 4.01. The average Bonchev–Trinajstić information content (AvgIpc) is 2.58. The summed E-state index contributed by atoms with van der Waals surface area (Å²) in [4.78, 5) is 16.9. The Morgan fingerprint density at radius 3 is 2.77 bits per heavy atom. The van der Waals surface area contributed by atoms with Gasteiger partial charge in [0.15, 0.2) is 5.78 Å². The first-order valence-corrected chi connectivity index (χ1v) is 7.58. The molecule has 0 saturated heterocycles. The van der Waals surface area contributed by atoms with Crippen molar-refractivity contribution in [1.82, 2.24) is 4.98 Å². The molecule has 1 aromatic heterocycles. The van der Waals surface area contributed by atoms with Crippen molar-refractivity contribution in [3.8, 4) is 5.75 Å². The monoisotopic (exact) mass is 293 g/mol. The third-order valence-corrected chi connectivity index (χ3v) is 4.09. The largest absolute Gasteiger partial charge is 0.496 e. The number of carbonyl (C=O) groups is 1. The Morgan fingerprint density at radius 1 is 1.18 bits per heavy atom. The van der Waals surface area contributed by atoms with Crippen LogP contribution in [-0.4, -0.2) is 17.9 Å². The summed E-state index contributed by atoms with van der Waals surface area (Å²) in [5.41, 5.74) is 2.75. The Morgan fingerprint density at radius 2 is 2.00 bits per heavy atom. The highest BCUT2D eigenvalue weighted by molar-refractivity contribution is 6.01. The zero-order chi connectivity index (χ0) is 15.4. The zero-order valence-corrected chi connectivity index (χ0v) is 12.7. The fourth-order valence-electron chi connectivity index (χ4n) is 2.98. The molecule has 1 saturated carbocycles. The first kappa shape index (κ1) is 14.5. The molecule has 22 heavy (non-hydrogen) atoms. The number of rotatable bonds is 3. The van der Waals surface area contributed by atoms with Crippen LogP contribution in [0.1, 0.15) is 36.4 Å². The van der Waals surface area contributed by atoms with Crippen molar-refractivity contribution in [1.29, 1.82) is 0 Å². The van der Waals surface area contributed by atoms with Gasteiger partial charge in [-0.25, -0.2) is 0 Å². The van der Waals surface area contributed by atoms with E-state index in [0.717, 1.165) is 35.4 Å². The lowest BCUT2D eigenvalue weighted by Gasteiger charge is -2.24. The van der Waals surface area contributed by atoms with Crippen molar-refractivity contribution in [2.75, 3.05) is 7.11 Å². The number of aromatic nitrogens is 1. The van der Waals surface area contributed by atoms with Crippen LogP contribution in [0.15, 0.2) is 54.2 Å². The van der Waals surface area contributed by atoms with Crippen molar-refractivity contribution < 1.29 is 9.53 Å².